The predicted octanol–water partition coefficient (Wildman–Crippen LogP) is 3.99. The van der Waals surface area contributed by atoms with E-state index in [9.17, 15) is 9.59 Å². The van der Waals surface area contributed by atoms with Crippen LogP contribution in [0.4, 0.5) is 5.69 Å². The van der Waals surface area contributed by atoms with Crippen molar-refractivity contribution in [3.8, 4) is 0 Å². The molecule has 0 bridgehead atoms. The van der Waals surface area contributed by atoms with Crippen LogP contribution in [0.2, 0.25) is 0 Å². The highest BCUT2D eigenvalue weighted by atomic mass is 16.2. The van der Waals surface area contributed by atoms with Crippen molar-refractivity contribution in [2.24, 2.45) is 0 Å². The first-order valence-corrected chi connectivity index (χ1v) is 8.37. The summed E-state index contributed by atoms with van der Waals surface area (Å²) in [6, 6.07) is 12.5. The number of nitrogens with zero attached hydrogens (tertiary/aromatic N) is 1. The Bertz CT molecular complexity index is 777. The molecule has 1 aromatic heterocycles. The summed E-state index contributed by atoms with van der Waals surface area (Å²) in [5.41, 5.74) is 1.87. The van der Waals surface area contributed by atoms with E-state index in [-0.39, 0.29) is 34.7 Å². The highest BCUT2D eigenvalue weighted by Gasteiger charge is 2.18. The minimum absolute atomic E-state index is 0.208. The molecule has 5 nitrogen and oxygen atoms in total. The molecular formula is C20H25N3O2. The van der Waals surface area contributed by atoms with Crippen molar-refractivity contribution in [3.05, 3.63) is 59.4 Å². The molecule has 0 aliphatic carbocycles. The maximum atomic E-state index is 12.5. The first kappa shape index (κ1) is 18.6. The Balaban J connectivity index is 2.21. The van der Waals surface area contributed by atoms with Gasteiger partial charge >= 0.3 is 0 Å². The molecule has 1 heterocycles. The number of rotatable bonds is 4. The molecule has 25 heavy (non-hydrogen) atoms. The lowest BCUT2D eigenvalue weighted by atomic mass is 10.0. The second-order valence-electron chi connectivity index (χ2n) is 7.31. The predicted molar refractivity (Wildman–Crippen MR) is 99.9 cm³/mol. The summed E-state index contributed by atoms with van der Waals surface area (Å²) in [7, 11) is 0. The van der Waals surface area contributed by atoms with Crippen LogP contribution in [-0.2, 0) is 0 Å². The highest BCUT2D eigenvalue weighted by Crippen LogP contribution is 2.24. The van der Waals surface area contributed by atoms with Gasteiger partial charge in [0.25, 0.3) is 11.8 Å². The van der Waals surface area contributed by atoms with Crippen LogP contribution in [0.3, 0.4) is 0 Å². The van der Waals surface area contributed by atoms with Gasteiger partial charge in [0.1, 0.15) is 11.4 Å². The van der Waals surface area contributed by atoms with Crippen LogP contribution in [-0.4, -0.2) is 22.3 Å². The SMILES string of the molecule is CC(C)c1ccccc1NC(=O)c1cccc(C(=O)NC(C)(C)C)n1. The average molecular weight is 339 g/mol. The molecule has 2 rings (SSSR count). The number of carbonyl (C=O) groups excluding carboxylic acids is 2. The second kappa shape index (κ2) is 7.47. The van der Waals surface area contributed by atoms with Crippen molar-refractivity contribution >= 4 is 17.5 Å². The number of pyridine rings is 1. The van der Waals surface area contributed by atoms with Gasteiger partial charge in [0.05, 0.1) is 0 Å². The third-order valence-electron chi connectivity index (χ3n) is 3.53. The highest BCUT2D eigenvalue weighted by molar-refractivity contribution is 6.04. The number of para-hydroxylation sites is 1. The maximum absolute atomic E-state index is 12.5. The molecular weight excluding hydrogens is 314 g/mol. The zero-order valence-corrected chi connectivity index (χ0v) is 15.4. The number of nitrogens with one attached hydrogen (secondary N) is 2. The lowest BCUT2D eigenvalue weighted by molar-refractivity contribution is 0.0914. The van der Waals surface area contributed by atoms with Gasteiger partial charge in [-0.3, -0.25) is 9.59 Å². The van der Waals surface area contributed by atoms with E-state index in [1.165, 1.54) is 0 Å². The summed E-state index contributed by atoms with van der Waals surface area (Å²) in [5.74, 6) is -0.350. The van der Waals surface area contributed by atoms with Gasteiger partial charge in [0, 0.05) is 11.2 Å². The Hall–Kier alpha value is -2.69. The van der Waals surface area contributed by atoms with E-state index in [0.717, 1.165) is 11.3 Å². The Morgan fingerprint density at radius 2 is 1.52 bits per heavy atom. The summed E-state index contributed by atoms with van der Waals surface area (Å²) < 4.78 is 0. The van der Waals surface area contributed by atoms with E-state index in [2.05, 4.69) is 29.5 Å². The van der Waals surface area contributed by atoms with Crippen molar-refractivity contribution in [2.75, 3.05) is 5.32 Å². The molecule has 132 valence electrons. The topological polar surface area (TPSA) is 71.1 Å². The van der Waals surface area contributed by atoms with Crippen molar-refractivity contribution < 1.29 is 9.59 Å². The van der Waals surface area contributed by atoms with Gasteiger partial charge in [-0.25, -0.2) is 4.98 Å². The lowest BCUT2D eigenvalue weighted by Gasteiger charge is -2.20. The summed E-state index contributed by atoms with van der Waals surface area (Å²) in [5, 5.41) is 5.73. The fourth-order valence-electron chi connectivity index (χ4n) is 2.39. The number of anilines is 1. The number of benzene rings is 1. The molecule has 0 saturated carbocycles. The minimum Gasteiger partial charge on any atom is -0.346 e. The second-order valence-corrected chi connectivity index (χ2v) is 7.31. The Morgan fingerprint density at radius 1 is 0.920 bits per heavy atom. The van der Waals surface area contributed by atoms with Gasteiger partial charge < -0.3 is 10.6 Å². The number of hydrogen-bond donors (Lipinski definition) is 2. The first-order valence-electron chi connectivity index (χ1n) is 8.37. The van der Waals surface area contributed by atoms with Crippen LogP contribution in [0.15, 0.2) is 42.5 Å². The molecule has 0 fully saturated rings. The summed E-state index contributed by atoms with van der Waals surface area (Å²) >= 11 is 0. The van der Waals surface area contributed by atoms with E-state index in [4.69, 9.17) is 0 Å². The maximum Gasteiger partial charge on any atom is 0.274 e. The molecule has 2 aromatic rings. The van der Waals surface area contributed by atoms with Crippen molar-refractivity contribution in [2.45, 2.75) is 46.1 Å². The average Bonchev–Trinajstić information content (AvgIpc) is 2.53. The molecule has 2 N–H and O–H groups in total. The van der Waals surface area contributed by atoms with Crippen molar-refractivity contribution in [3.63, 3.8) is 0 Å². The lowest BCUT2D eigenvalue weighted by Crippen LogP contribution is -2.41. The van der Waals surface area contributed by atoms with Gasteiger partial charge in [-0.1, -0.05) is 38.1 Å². The quantitative estimate of drug-likeness (QED) is 0.885. The molecule has 0 aliphatic rings. The Kier molecular flexibility index (Phi) is 5.57. The molecule has 5 heteroatoms. The summed E-state index contributed by atoms with van der Waals surface area (Å²) in [6.45, 7) is 9.82. The van der Waals surface area contributed by atoms with E-state index in [0.29, 0.717) is 0 Å². The smallest absolute Gasteiger partial charge is 0.274 e. The molecule has 0 saturated heterocycles. The van der Waals surface area contributed by atoms with Gasteiger partial charge in [-0.05, 0) is 50.5 Å². The van der Waals surface area contributed by atoms with E-state index in [1.807, 2.05) is 45.0 Å². The molecule has 0 aliphatic heterocycles. The van der Waals surface area contributed by atoms with Crippen LogP contribution in [0.1, 0.15) is 67.1 Å². The van der Waals surface area contributed by atoms with E-state index < -0.39 is 0 Å². The van der Waals surface area contributed by atoms with Gasteiger partial charge in [0.2, 0.25) is 0 Å². The first-order chi connectivity index (χ1) is 11.7. The van der Waals surface area contributed by atoms with Crippen LogP contribution >= 0.6 is 0 Å². The summed E-state index contributed by atoms with van der Waals surface area (Å²) in [6.07, 6.45) is 0. The minimum atomic E-state index is -0.368. The van der Waals surface area contributed by atoms with Gasteiger partial charge in [-0.2, -0.15) is 0 Å². The standard InChI is InChI=1S/C20H25N3O2/c1-13(2)14-9-6-7-10-15(14)22-18(24)16-11-8-12-17(21-16)19(25)23-20(3,4)5/h6-13H,1-5H3,(H,22,24)(H,23,25). The fourth-order valence-corrected chi connectivity index (χ4v) is 2.39. The van der Waals surface area contributed by atoms with Crippen LogP contribution in [0.5, 0.6) is 0 Å². The normalized spacial score (nSPS) is 11.3. The van der Waals surface area contributed by atoms with Crippen LogP contribution < -0.4 is 10.6 Å². The van der Waals surface area contributed by atoms with Crippen molar-refractivity contribution in [1.29, 1.82) is 0 Å². The monoisotopic (exact) mass is 339 g/mol. The Labute approximate surface area is 148 Å². The molecule has 1 aromatic carbocycles. The zero-order valence-electron chi connectivity index (χ0n) is 15.4. The molecule has 0 atom stereocenters. The zero-order chi connectivity index (χ0) is 18.6. The molecule has 0 spiro atoms. The van der Waals surface area contributed by atoms with Gasteiger partial charge in [0.15, 0.2) is 0 Å². The largest absolute Gasteiger partial charge is 0.346 e. The van der Waals surface area contributed by atoms with E-state index in [1.54, 1.807) is 18.2 Å². The number of aromatic nitrogens is 1. The molecule has 0 radical (unpaired) electrons. The van der Waals surface area contributed by atoms with Gasteiger partial charge in [-0.15, -0.1) is 0 Å². The number of carbonyl (C=O) groups is 2. The number of amides is 2. The third-order valence-corrected chi connectivity index (χ3v) is 3.53. The van der Waals surface area contributed by atoms with Crippen LogP contribution in [0.25, 0.3) is 0 Å². The van der Waals surface area contributed by atoms with E-state index >= 15 is 0 Å². The fraction of sp³-hybridized carbons (Fsp3) is 0.350. The summed E-state index contributed by atoms with van der Waals surface area (Å²) in [4.78, 5) is 29.0. The van der Waals surface area contributed by atoms with Crippen LogP contribution in [0, 0.1) is 0 Å². The molecule has 0 unspecified atom stereocenters. The number of hydrogen-bond acceptors (Lipinski definition) is 3. The third kappa shape index (κ3) is 5.14. The molecule has 2 amide bonds. The Morgan fingerprint density at radius 3 is 2.12 bits per heavy atom. The van der Waals surface area contributed by atoms with Crippen molar-refractivity contribution in [1.82, 2.24) is 10.3 Å².